The summed E-state index contributed by atoms with van der Waals surface area (Å²) < 4.78 is 0. The molecular weight excluding hydrogens is 246 g/mol. The standard InChI is InChI=1S/C17H31N3/c1-4-11-19-17(14-18)10-5-7-15(17)8-13-20-12-6-9-16(20,2)3/h15,19H,4-13H2,1-3H3. The van der Waals surface area contributed by atoms with Crippen molar-refractivity contribution in [3.8, 4) is 6.07 Å². The first-order valence-electron chi connectivity index (χ1n) is 8.45. The first kappa shape index (κ1) is 15.8. The fourth-order valence-corrected chi connectivity index (χ4v) is 4.13. The van der Waals surface area contributed by atoms with Gasteiger partial charge in [-0.15, -0.1) is 0 Å². The zero-order valence-corrected chi connectivity index (χ0v) is 13.5. The molecule has 1 aliphatic carbocycles. The minimum atomic E-state index is -0.236. The van der Waals surface area contributed by atoms with Gasteiger partial charge >= 0.3 is 0 Å². The van der Waals surface area contributed by atoms with Gasteiger partial charge in [-0.2, -0.15) is 5.26 Å². The Morgan fingerprint density at radius 3 is 2.70 bits per heavy atom. The number of hydrogen-bond acceptors (Lipinski definition) is 3. The fraction of sp³-hybridized carbons (Fsp3) is 0.941. The minimum absolute atomic E-state index is 0.236. The number of rotatable bonds is 6. The summed E-state index contributed by atoms with van der Waals surface area (Å²) in [5.41, 5.74) is 0.130. The molecule has 114 valence electrons. The maximum atomic E-state index is 9.68. The van der Waals surface area contributed by atoms with Crippen LogP contribution in [-0.4, -0.2) is 35.6 Å². The normalized spacial score (nSPS) is 33.4. The van der Waals surface area contributed by atoms with E-state index in [1.165, 1.54) is 38.6 Å². The summed E-state index contributed by atoms with van der Waals surface area (Å²) >= 11 is 0. The predicted octanol–water partition coefficient (Wildman–Crippen LogP) is 3.31. The molecule has 1 saturated heterocycles. The van der Waals surface area contributed by atoms with Crippen molar-refractivity contribution in [1.29, 1.82) is 5.26 Å². The Balaban J connectivity index is 1.92. The Labute approximate surface area is 124 Å². The van der Waals surface area contributed by atoms with E-state index in [0.717, 1.165) is 25.9 Å². The maximum absolute atomic E-state index is 9.68. The molecule has 1 saturated carbocycles. The second kappa shape index (κ2) is 6.45. The van der Waals surface area contributed by atoms with Crippen LogP contribution in [0.3, 0.4) is 0 Å². The van der Waals surface area contributed by atoms with Gasteiger partial charge in [0.15, 0.2) is 0 Å². The lowest BCUT2D eigenvalue weighted by Crippen LogP contribution is -2.49. The van der Waals surface area contributed by atoms with Crippen LogP contribution in [0.5, 0.6) is 0 Å². The lowest BCUT2D eigenvalue weighted by atomic mass is 9.85. The molecule has 0 amide bonds. The van der Waals surface area contributed by atoms with Gasteiger partial charge in [-0.1, -0.05) is 13.3 Å². The van der Waals surface area contributed by atoms with E-state index in [2.05, 4.69) is 37.1 Å². The Morgan fingerprint density at radius 1 is 1.30 bits per heavy atom. The largest absolute Gasteiger partial charge is 0.299 e. The van der Waals surface area contributed by atoms with Crippen molar-refractivity contribution >= 4 is 0 Å². The van der Waals surface area contributed by atoms with E-state index in [0.29, 0.717) is 11.5 Å². The van der Waals surface area contributed by atoms with E-state index in [1.54, 1.807) is 0 Å². The number of likely N-dealkylation sites (tertiary alicyclic amines) is 1. The Bertz CT molecular complexity index is 358. The molecule has 0 aromatic carbocycles. The Kier molecular flexibility index (Phi) is 5.09. The van der Waals surface area contributed by atoms with Crippen LogP contribution in [-0.2, 0) is 0 Å². The van der Waals surface area contributed by atoms with Crippen LogP contribution in [0.4, 0.5) is 0 Å². The summed E-state index contributed by atoms with van der Waals surface area (Å²) in [6.07, 6.45) is 8.39. The summed E-state index contributed by atoms with van der Waals surface area (Å²) in [7, 11) is 0. The maximum Gasteiger partial charge on any atom is 0.109 e. The predicted molar refractivity (Wildman–Crippen MR) is 83.5 cm³/mol. The van der Waals surface area contributed by atoms with Crippen molar-refractivity contribution in [3.05, 3.63) is 0 Å². The van der Waals surface area contributed by atoms with Gasteiger partial charge in [-0.05, 0) is 77.9 Å². The van der Waals surface area contributed by atoms with Gasteiger partial charge < -0.3 is 0 Å². The molecule has 1 aliphatic heterocycles. The number of nitrogens with zero attached hydrogens (tertiary/aromatic N) is 2. The molecule has 2 fully saturated rings. The van der Waals surface area contributed by atoms with Gasteiger partial charge in [0, 0.05) is 5.54 Å². The van der Waals surface area contributed by atoms with Gasteiger partial charge in [0.1, 0.15) is 5.54 Å². The summed E-state index contributed by atoms with van der Waals surface area (Å²) in [4.78, 5) is 2.63. The lowest BCUT2D eigenvalue weighted by Gasteiger charge is -2.35. The highest BCUT2D eigenvalue weighted by molar-refractivity contribution is 5.14. The Morgan fingerprint density at radius 2 is 2.10 bits per heavy atom. The molecule has 0 bridgehead atoms. The van der Waals surface area contributed by atoms with Crippen molar-refractivity contribution in [2.24, 2.45) is 5.92 Å². The van der Waals surface area contributed by atoms with Crippen LogP contribution >= 0.6 is 0 Å². The van der Waals surface area contributed by atoms with Crippen LogP contribution < -0.4 is 5.32 Å². The lowest BCUT2D eigenvalue weighted by molar-refractivity contribution is 0.153. The highest BCUT2D eigenvalue weighted by atomic mass is 15.2. The fourth-order valence-electron chi connectivity index (χ4n) is 4.13. The van der Waals surface area contributed by atoms with Crippen molar-refractivity contribution in [2.75, 3.05) is 19.6 Å². The van der Waals surface area contributed by atoms with Crippen LogP contribution in [0.2, 0.25) is 0 Å². The van der Waals surface area contributed by atoms with Gasteiger partial charge in [0.2, 0.25) is 0 Å². The minimum Gasteiger partial charge on any atom is -0.299 e. The molecule has 1 heterocycles. The number of nitriles is 1. The molecule has 3 nitrogen and oxygen atoms in total. The van der Waals surface area contributed by atoms with Gasteiger partial charge in [0.05, 0.1) is 6.07 Å². The molecule has 0 spiro atoms. The van der Waals surface area contributed by atoms with E-state index >= 15 is 0 Å². The van der Waals surface area contributed by atoms with Crippen molar-refractivity contribution in [2.45, 2.75) is 76.8 Å². The first-order valence-corrected chi connectivity index (χ1v) is 8.45. The van der Waals surface area contributed by atoms with E-state index in [1.807, 2.05) is 0 Å². The number of hydrogen-bond donors (Lipinski definition) is 1. The van der Waals surface area contributed by atoms with Crippen molar-refractivity contribution in [3.63, 3.8) is 0 Å². The van der Waals surface area contributed by atoms with E-state index in [4.69, 9.17) is 0 Å². The molecule has 3 heteroatoms. The highest BCUT2D eigenvalue weighted by Crippen LogP contribution is 2.39. The smallest absolute Gasteiger partial charge is 0.109 e. The zero-order chi connectivity index (χ0) is 14.6. The van der Waals surface area contributed by atoms with Crippen LogP contribution in [0.15, 0.2) is 0 Å². The molecule has 0 aromatic heterocycles. The average Bonchev–Trinajstić information content (AvgIpc) is 2.97. The summed E-state index contributed by atoms with van der Waals surface area (Å²) in [5.74, 6) is 0.537. The molecular formula is C17H31N3. The van der Waals surface area contributed by atoms with Crippen LogP contribution in [0, 0.1) is 17.2 Å². The molecule has 2 aliphatic rings. The van der Waals surface area contributed by atoms with E-state index < -0.39 is 0 Å². The van der Waals surface area contributed by atoms with Gasteiger partial charge in [-0.25, -0.2) is 0 Å². The molecule has 2 atom stereocenters. The molecule has 0 radical (unpaired) electrons. The summed E-state index contributed by atoms with van der Waals surface area (Å²) in [6.45, 7) is 10.3. The van der Waals surface area contributed by atoms with Crippen molar-refractivity contribution in [1.82, 2.24) is 10.2 Å². The third-order valence-electron chi connectivity index (χ3n) is 5.53. The average molecular weight is 277 g/mol. The van der Waals surface area contributed by atoms with Crippen LogP contribution in [0.25, 0.3) is 0 Å². The second-order valence-corrected chi connectivity index (χ2v) is 7.29. The van der Waals surface area contributed by atoms with Crippen molar-refractivity contribution < 1.29 is 0 Å². The molecule has 2 rings (SSSR count). The van der Waals surface area contributed by atoms with Gasteiger partial charge in [0.25, 0.3) is 0 Å². The molecule has 20 heavy (non-hydrogen) atoms. The second-order valence-electron chi connectivity index (χ2n) is 7.29. The third kappa shape index (κ3) is 3.18. The summed E-state index contributed by atoms with van der Waals surface area (Å²) in [6, 6.07) is 2.63. The van der Waals surface area contributed by atoms with Gasteiger partial charge in [-0.3, -0.25) is 10.2 Å². The SMILES string of the molecule is CCCNC1(C#N)CCCC1CCN1CCCC1(C)C. The third-order valence-corrected chi connectivity index (χ3v) is 5.53. The monoisotopic (exact) mass is 277 g/mol. The highest BCUT2D eigenvalue weighted by Gasteiger charge is 2.43. The number of nitrogens with one attached hydrogen (secondary N) is 1. The zero-order valence-electron chi connectivity index (χ0n) is 13.5. The quantitative estimate of drug-likeness (QED) is 0.809. The summed E-state index contributed by atoms with van der Waals surface area (Å²) in [5, 5.41) is 13.2. The van der Waals surface area contributed by atoms with Crippen LogP contribution in [0.1, 0.15) is 65.7 Å². The topological polar surface area (TPSA) is 39.1 Å². The molecule has 1 N–H and O–H groups in total. The first-order chi connectivity index (χ1) is 9.54. The van der Waals surface area contributed by atoms with E-state index in [9.17, 15) is 5.26 Å². The Hall–Kier alpha value is -0.590. The molecule has 0 aromatic rings. The molecule has 2 unspecified atom stereocenters. The van der Waals surface area contributed by atoms with E-state index in [-0.39, 0.29) is 5.54 Å².